The summed E-state index contributed by atoms with van der Waals surface area (Å²) < 4.78 is 18.0. The standard InChI is InChI=1S/C16H17FN2O2/c17-14-6-4-12(5-7-14)13-3-1-2-10-19(11-13)16(20)15-8-9-18-21-15/h4-9,13H,1-3,10-11H2. The Kier molecular flexibility index (Phi) is 3.99. The third kappa shape index (κ3) is 3.12. The number of hydrogen-bond donors (Lipinski definition) is 0. The van der Waals surface area contributed by atoms with Crippen LogP contribution in [-0.2, 0) is 0 Å². The van der Waals surface area contributed by atoms with Gasteiger partial charge in [0.25, 0.3) is 5.91 Å². The Morgan fingerprint density at radius 1 is 1.24 bits per heavy atom. The molecule has 0 bridgehead atoms. The molecule has 1 aromatic carbocycles. The summed E-state index contributed by atoms with van der Waals surface area (Å²) in [6.45, 7) is 1.35. The van der Waals surface area contributed by atoms with Crippen LogP contribution in [0, 0.1) is 5.82 Å². The molecule has 0 N–H and O–H groups in total. The van der Waals surface area contributed by atoms with Gasteiger partial charge in [0.2, 0.25) is 5.76 Å². The van der Waals surface area contributed by atoms with E-state index in [9.17, 15) is 9.18 Å². The van der Waals surface area contributed by atoms with Crippen LogP contribution < -0.4 is 0 Å². The van der Waals surface area contributed by atoms with E-state index in [1.807, 2.05) is 17.0 Å². The van der Waals surface area contributed by atoms with Crippen molar-refractivity contribution in [1.29, 1.82) is 0 Å². The predicted molar refractivity (Wildman–Crippen MR) is 75.4 cm³/mol. The van der Waals surface area contributed by atoms with E-state index in [-0.39, 0.29) is 23.4 Å². The second-order valence-corrected chi connectivity index (χ2v) is 5.37. The molecule has 1 saturated heterocycles. The Morgan fingerprint density at radius 2 is 2.05 bits per heavy atom. The van der Waals surface area contributed by atoms with Gasteiger partial charge in [-0.3, -0.25) is 4.79 Å². The first kappa shape index (κ1) is 13.8. The van der Waals surface area contributed by atoms with Crippen LogP contribution in [-0.4, -0.2) is 29.1 Å². The third-order valence-corrected chi connectivity index (χ3v) is 3.95. The fourth-order valence-electron chi connectivity index (χ4n) is 2.82. The number of benzene rings is 1. The molecule has 0 saturated carbocycles. The van der Waals surface area contributed by atoms with Gasteiger partial charge in [0.05, 0.1) is 6.20 Å². The number of carbonyl (C=O) groups excluding carboxylic acids is 1. The summed E-state index contributed by atoms with van der Waals surface area (Å²) in [6, 6.07) is 8.15. The molecule has 1 aliphatic rings. The van der Waals surface area contributed by atoms with Crippen LogP contribution >= 0.6 is 0 Å². The van der Waals surface area contributed by atoms with Crippen LogP contribution in [0.3, 0.4) is 0 Å². The van der Waals surface area contributed by atoms with E-state index in [0.29, 0.717) is 6.54 Å². The molecule has 1 aromatic heterocycles. The average Bonchev–Trinajstić information content (AvgIpc) is 2.92. The Labute approximate surface area is 122 Å². The molecule has 110 valence electrons. The Morgan fingerprint density at radius 3 is 2.76 bits per heavy atom. The molecule has 0 spiro atoms. The zero-order chi connectivity index (χ0) is 14.7. The van der Waals surface area contributed by atoms with E-state index in [4.69, 9.17) is 4.52 Å². The lowest BCUT2D eigenvalue weighted by atomic mass is 9.94. The normalized spacial score (nSPS) is 19.3. The van der Waals surface area contributed by atoms with E-state index in [2.05, 4.69) is 5.16 Å². The maximum atomic E-state index is 13.0. The fourth-order valence-corrected chi connectivity index (χ4v) is 2.82. The first-order chi connectivity index (χ1) is 10.2. The minimum atomic E-state index is -0.234. The smallest absolute Gasteiger partial charge is 0.292 e. The monoisotopic (exact) mass is 288 g/mol. The highest BCUT2D eigenvalue weighted by atomic mass is 19.1. The van der Waals surface area contributed by atoms with Crippen molar-refractivity contribution >= 4 is 5.91 Å². The van der Waals surface area contributed by atoms with Gasteiger partial charge in [0.1, 0.15) is 5.82 Å². The van der Waals surface area contributed by atoms with E-state index < -0.39 is 0 Å². The van der Waals surface area contributed by atoms with Crippen LogP contribution in [0.2, 0.25) is 0 Å². The van der Waals surface area contributed by atoms with Gasteiger partial charge >= 0.3 is 0 Å². The first-order valence-corrected chi connectivity index (χ1v) is 7.19. The van der Waals surface area contributed by atoms with E-state index in [1.165, 1.54) is 18.3 Å². The third-order valence-electron chi connectivity index (χ3n) is 3.95. The van der Waals surface area contributed by atoms with Gasteiger partial charge in [0.15, 0.2) is 0 Å². The summed E-state index contributed by atoms with van der Waals surface area (Å²) in [5.74, 6) is 0.151. The Bertz CT molecular complexity index is 595. The van der Waals surface area contributed by atoms with Gasteiger partial charge in [-0.2, -0.15) is 0 Å². The lowest BCUT2D eigenvalue weighted by Gasteiger charge is -2.23. The lowest BCUT2D eigenvalue weighted by Crippen LogP contribution is -2.33. The molecule has 1 aliphatic heterocycles. The summed E-state index contributed by atoms with van der Waals surface area (Å²) in [7, 11) is 0. The first-order valence-electron chi connectivity index (χ1n) is 7.19. The SMILES string of the molecule is O=C(c1ccno1)N1CCCCC(c2ccc(F)cc2)C1. The fraction of sp³-hybridized carbons (Fsp3) is 0.375. The van der Waals surface area contributed by atoms with Gasteiger partial charge < -0.3 is 9.42 Å². The highest BCUT2D eigenvalue weighted by molar-refractivity contribution is 5.91. The molecule has 1 unspecified atom stereocenters. The number of carbonyl (C=O) groups is 1. The van der Waals surface area contributed by atoms with Crippen molar-refractivity contribution < 1.29 is 13.7 Å². The van der Waals surface area contributed by atoms with Crippen LogP contribution in [0.4, 0.5) is 4.39 Å². The average molecular weight is 288 g/mol. The highest BCUT2D eigenvalue weighted by Gasteiger charge is 2.25. The van der Waals surface area contributed by atoms with Gasteiger partial charge in [-0.15, -0.1) is 0 Å². The second kappa shape index (κ2) is 6.08. The molecular formula is C16H17FN2O2. The molecular weight excluding hydrogens is 271 g/mol. The highest BCUT2D eigenvalue weighted by Crippen LogP contribution is 2.27. The molecule has 1 amide bonds. The minimum absolute atomic E-state index is 0.124. The quantitative estimate of drug-likeness (QED) is 0.852. The van der Waals surface area contributed by atoms with Crippen LogP contribution in [0.25, 0.3) is 0 Å². The number of halogens is 1. The van der Waals surface area contributed by atoms with Crippen molar-refractivity contribution in [2.45, 2.75) is 25.2 Å². The molecule has 2 heterocycles. The Hall–Kier alpha value is -2.17. The van der Waals surface area contributed by atoms with Gasteiger partial charge in [-0.05, 0) is 30.5 Å². The van der Waals surface area contributed by atoms with Gasteiger partial charge in [0, 0.05) is 25.1 Å². The molecule has 3 rings (SSSR count). The summed E-state index contributed by atoms with van der Waals surface area (Å²) in [5, 5.41) is 3.58. The minimum Gasteiger partial charge on any atom is -0.351 e. The number of aromatic nitrogens is 1. The maximum Gasteiger partial charge on any atom is 0.292 e. The molecule has 1 fully saturated rings. The van der Waals surface area contributed by atoms with E-state index in [1.54, 1.807) is 6.07 Å². The number of likely N-dealkylation sites (tertiary alicyclic amines) is 1. The molecule has 1 atom stereocenters. The molecule has 2 aromatic rings. The lowest BCUT2D eigenvalue weighted by molar-refractivity contribution is 0.0712. The van der Waals surface area contributed by atoms with Crippen molar-refractivity contribution in [2.24, 2.45) is 0 Å². The van der Waals surface area contributed by atoms with Crippen molar-refractivity contribution in [3.63, 3.8) is 0 Å². The largest absolute Gasteiger partial charge is 0.351 e. The molecule has 5 heteroatoms. The summed E-state index contributed by atoms with van der Waals surface area (Å²) in [4.78, 5) is 14.2. The van der Waals surface area contributed by atoms with Gasteiger partial charge in [-0.1, -0.05) is 23.7 Å². The number of amides is 1. The molecule has 21 heavy (non-hydrogen) atoms. The van der Waals surface area contributed by atoms with E-state index >= 15 is 0 Å². The second-order valence-electron chi connectivity index (χ2n) is 5.37. The zero-order valence-corrected chi connectivity index (χ0v) is 11.7. The Balaban J connectivity index is 1.77. The van der Waals surface area contributed by atoms with Crippen LogP contribution in [0.15, 0.2) is 41.1 Å². The van der Waals surface area contributed by atoms with E-state index in [0.717, 1.165) is 31.4 Å². The van der Waals surface area contributed by atoms with Crippen molar-refractivity contribution in [3.8, 4) is 0 Å². The summed E-state index contributed by atoms with van der Waals surface area (Å²) >= 11 is 0. The molecule has 0 aliphatic carbocycles. The molecule has 0 radical (unpaired) electrons. The number of nitrogens with zero attached hydrogens (tertiary/aromatic N) is 2. The summed E-state index contributed by atoms with van der Waals surface area (Å²) in [5.41, 5.74) is 1.08. The van der Waals surface area contributed by atoms with Crippen molar-refractivity contribution in [1.82, 2.24) is 10.1 Å². The summed E-state index contributed by atoms with van der Waals surface area (Å²) in [6.07, 6.45) is 4.51. The van der Waals surface area contributed by atoms with Gasteiger partial charge in [-0.25, -0.2) is 4.39 Å². The van der Waals surface area contributed by atoms with Crippen molar-refractivity contribution in [2.75, 3.05) is 13.1 Å². The number of hydrogen-bond acceptors (Lipinski definition) is 3. The van der Waals surface area contributed by atoms with Crippen LogP contribution in [0.5, 0.6) is 0 Å². The predicted octanol–water partition coefficient (Wildman–Crippen LogP) is 3.22. The number of rotatable bonds is 2. The van der Waals surface area contributed by atoms with Crippen molar-refractivity contribution in [3.05, 3.63) is 53.7 Å². The van der Waals surface area contributed by atoms with Crippen LogP contribution in [0.1, 0.15) is 41.3 Å². The topological polar surface area (TPSA) is 46.3 Å². The maximum absolute atomic E-state index is 13.0. The zero-order valence-electron chi connectivity index (χ0n) is 11.7. The molecule has 4 nitrogen and oxygen atoms in total.